The highest BCUT2D eigenvalue weighted by Crippen LogP contribution is 2.51. The predicted molar refractivity (Wildman–Crippen MR) is 163 cm³/mol. The number of allylic oxidation sites excluding steroid dienone is 3. The predicted octanol–water partition coefficient (Wildman–Crippen LogP) is 4.95. The normalized spacial score (nSPS) is 18.7. The second kappa shape index (κ2) is 13.0. The molecule has 0 radical (unpaired) electrons. The SMILES string of the molecule is CCC(=Cc1sc2ccc(Cl)cc2[n+]1CC(O)CS(=O)(=O)O)C=C1Sc2ccc(Cl)cc2C1CC(O)CS(=O)(=O)O. The fourth-order valence-corrected chi connectivity index (χ4v) is 8.63. The van der Waals surface area contributed by atoms with Gasteiger partial charge in [-0.2, -0.15) is 21.4 Å². The highest BCUT2D eigenvalue weighted by molar-refractivity contribution is 8.03. The Labute approximate surface area is 256 Å². The summed E-state index contributed by atoms with van der Waals surface area (Å²) in [5.74, 6) is -1.98. The van der Waals surface area contributed by atoms with Gasteiger partial charge in [0.25, 0.3) is 25.2 Å². The molecule has 0 saturated heterocycles. The molecule has 3 aromatic rings. The smallest absolute Gasteiger partial charge is 0.267 e. The molecule has 0 aliphatic carbocycles. The van der Waals surface area contributed by atoms with Crippen molar-refractivity contribution in [1.29, 1.82) is 0 Å². The van der Waals surface area contributed by atoms with Gasteiger partial charge >= 0.3 is 0 Å². The number of rotatable bonds is 11. The van der Waals surface area contributed by atoms with Crippen LogP contribution < -0.4 is 4.57 Å². The number of hydrogen-bond acceptors (Lipinski definition) is 8. The molecular weight excluding hydrogens is 653 g/mol. The van der Waals surface area contributed by atoms with Crippen LogP contribution in [0.4, 0.5) is 0 Å². The number of halogens is 2. The maximum Gasteiger partial charge on any atom is 0.267 e. The van der Waals surface area contributed by atoms with Crippen LogP contribution in [-0.4, -0.2) is 59.9 Å². The second-order valence-electron chi connectivity index (χ2n) is 9.66. The van der Waals surface area contributed by atoms with E-state index in [4.69, 9.17) is 23.2 Å². The van der Waals surface area contributed by atoms with E-state index in [0.29, 0.717) is 27.0 Å². The fraction of sp³-hybridized carbons (Fsp3) is 0.346. The molecule has 3 unspecified atom stereocenters. The van der Waals surface area contributed by atoms with Gasteiger partial charge in [0, 0.05) is 33.0 Å². The molecule has 1 aliphatic rings. The summed E-state index contributed by atoms with van der Waals surface area (Å²) in [6.07, 6.45) is 1.82. The van der Waals surface area contributed by atoms with E-state index in [1.807, 2.05) is 31.2 Å². The van der Waals surface area contributed by atoms with Crippen LogP contribution in [0.25, 0.3) is 16.3 Å². The molecule has 4 N–H and O–H groups in total. The summed E-state index contributed by atoms with van der Waals surface area (Å²) in [5.41, 5.74) is 2.41. The van der Waals surface area contributed by atoms with E-state index in [9.17, 15) is 36.2 Å². The first kappa shape index (κ1) is 32.4. The monoisotopic (exact) mass is 680 g/mol. The Morgan fingerprint density at radius 2 is 1.63 bits per heavy atom. The van der Waals surface area contributed by atoms with Crippen LogP contribution in [-0.2, 0) is 26.8 Å². The van der Waals surface area contributed by atoms with E-state index < -0.39 is 43.9 Å². The van der Waals surface area contributed by atoms with Crippen molar-refractivity contribution in [3.05, 3.63) is 73.6 Å². The lowest BCUT2D eigenvalue weighted by Gasteiger charge is -2.17. The Morgan fingerprint density at radius 1 is 1.00 bits per heavy atom. The van der Waals surface area contributed by atoms with E-state index in [1.54, 1.807) is 28.8 Å². The van der Waals surface area contributed by atoms with Gasteiger partial charge in [-0.3, -0.25) is 9.11 Å². The average Bonchev–Trinajstić information content (AvgIpc) is 3.33. The minimum Gasteiger partial charge on any atom is -0.392 e. The Bertz CT molecular complexity index is 1740. The Balaban J connectivity index is 1.75. The van der Waals surface area contributed by atoms with Crippen molar-refractivity contribution in [2.24, 2.45) is 0 Å². The quantitative estimate of drug-likeness (QED) is 0.163. The van der Waals surface area contributed by atoms with Crippen molar-refractivity contribution in [3.8, 4) is 0 Å². The third kappa shape index (κ3) is 8.75. The first-order valence-electron chi connectivity index (χ1n) is 12.4. The molecule has 0 amide bonds. The van der Waals surface area contributed by atoms with Crippen molar-refractivity contribution in [1.82, 2.24) is 0 Å². The van der Waals surface area contributed by atoms with Crippen molar-refractivity contribution in [2.75, 3.05) is 11.5 Å². The van der Waals surface area contributed by atoms with Gasteiger partial charge in [-0.25, -0.2) is 0 Å². The van der Waals surface area contributed by atoms with Gasteiger partial charge in [-0.1, -0.05) is 53.2 Å². The molecule has 4 rings (SSSR count). The van der Waals surface area contributed by atoms with E-state index in [-0.39, 0.29) is 18.9 Å². The lowest BCUT2D eigenvalue weighted by molar-refractivity contribution is -0.675. The highest BCUT2D eigenvalue weighted by atomic mass is 35.5. The van der Waals surface area contributed by atoms with Crippen molar-refractivity contribution in [2.45, 2.75) is 49.3 Å². The van der Waals surface area contributed by atoms with Gasteiger partial charge in [-0.15, -0.1) is 0 Å². The van der Waals surface area contributed by atoms with Crippen LogP contribution in [0.1, 0.15) is 36.3 Å². The fourth-order valence-electron chi connectivity index (χ4n) is 4.66. The van der Waals surface area contributed by atoms with E-state index in [1.165, 1.54) is 23.1 Å². The summed E-state index contributed by atoms with van der Waals surface area (Å²) in [6.45, 7) is 1.85. The zero-order valence-electron chi connectivity index (χ0n) is 21.6. The maximum atomic E-state index is 11.4. The number of nitrogens with zero attached hydrogens (tertiary/aromatic N) is 1. The standard InChI is InChI=1S/C26H27Cl2NO8S4/c1-2-15(7-25-21(11-18(30)13-40(32,33)34)20-9-16(27)3-5-23(20)38-25)8-26-29(12-19(31)14-41(35,36)37)22-10-17(28)4-6-24(22)39-26/h3-10,18-19,21,30-31H,2,11-14H2,1H3,(H-,32,33,34,35,36,37)/p+1. The number of fused-ring (bicyclic) bond motifs is 2. The minimum absolute atomic E-state index is 0.0478. The molecule has 2 heterocycles. The second-order valence-corrected chi connectivity index (χ2v) is 15.7. The van der Waals surface area contributed by atoms with Crippen LogP contribution >= 0.6 is 46.3 Å². The topological polar surface area (TPSA) is 153 Å². The largest absolute Gasteiger partial charge is 0.392 e. The summed E-state index contributed by atoms with van der Waals surface area (Å²) in [7, 11) is -8.77. The van der Waals surface area contributed by atoms with E-state index in [0.717, 1.165) is 25.6 Å². The van der Waals surface area contributed by atoms with Gasteiger partial charge in [0.15, 0.2) is 6.54 Å². The number of thioether (sulfide) groups is 1. The molecule has 41 heavy (non-hydrogen) atoms. The number of aliphatic hydroxyl groups is 2. The summed E-state index contributed by atoms with van der Waals surface area (Å²) in [4.78, 5) is 1.77. The average molecular weight is 682 g/mol. The summed E-state index contributed by atoms with van der Waals surface area (Å²) < 4.78 is 66.5. The van der Waals surface area contributed by atoms with Crippen LogP contribution in [0.15, 0.2) is 57.8 Å². The third-order valence-corrected chi connectivity index (χ3v) is 10.8. The maximum absolute atomic E-state index is 11.4. The van der Waals surface area contributed by atoms with Crippen LogP contribution in [0, 0.1) is 0 Å². The lowest BCUT2D eigenvalue weighted by atomic mass is 9.92. The molecule has 9 nitrogen and oxygen atoms in total. The number of thiazole rings is 1. The molecule has 2 aromatic carbocycles. The molecule has 1 aliphatic heterocycles. The first-order chi connectivity index (χ1) is 19.1. The Hall–Kier alpha value is -1.52. The zero-order chi connectivity index (χ0) is 30.1. The first-order valence-corrected chi connectivity index (χ1v) is 18.0. The number of aromatic nitrogens is 1. The van der Waals surface area contributed by atoms with Crippen molar-refractivity contribution < 1.29 is 40.7 Å². The van der Waals surface area contributed by atoms with E-state index >= 15 is 0 Å². The third-order valence-electron chi connectivity index (χ3n) is 6.36. The highest BCUT2D eigenvalue weighted by Gasteiger charge is 2.32. The molecule has 15 heteroatoms. The number of aliphatic hydroxyl groups excluding tert-OH is 2. The molecule has 0 spiro atoms. The van der Waals surface area contributed by atoms with Crippen LogP contribution in [0.3, 0.4) is 0 Å². The van der Waals surface area contributed by atoms with Crippen LogP contribution in [0.5, 0.6) is 0 Å². The summed E-state index contributed by atoms with van der Waals surface area (Å²) in [6, 6.07) is 10.7. The van der Waals surface area contributed by atoms with E-state index in [2.05, 4.69) is 0 Å². The van der Waals surface area contributed by atoms with Crippen molar-refractivity contribution >= 4 is 82.8 Å². The number of benzene rings is 2. The van der Waals surface area contributed by atoms with Crippen LogP contribution in [0.2, 0.25) is 10.0 Å². The van der Waals surface area contributed by atoms with Crippen molar-refractivity contribution in [3.63, 3.8) is 0 Å². The Morgan fingerprint density at radius 3 is 2.29 bits per heavy atom. The van der Waals surface area contributed by atoms with Gasteiger partial charge in [-0.05, 0) is 65.3 Å². The van der Waals surface area contributed by atoms with Gasteiger partial charge < -0.3 is 10.2 Å². The molecule has 3 atom stereocenters. The minimum atomic E-state index is -4.40. The molecule has 0 fully saturated rings. The lowest BCUT2D eigenvalue weighted by Crippen LogP contribution is -2.43. The molecule has 222 valence electrons. The van der Waals surface area contributed by atoms with Gasteiger partial charge in [0.1, 0.15) is 22.3 Å². The molecular formula is C26H28Cl2NO8S4+. The van der Waals surface area contributed by atoms with Gasteiger partial charge in [0.05, 0.1) is 6.10 Å². The summed E-state index contributed by atoms with van der Waals surface area (Å²) in [5, 5.41) is 22.6. The van der Waals surface area contributed by atoms with Gasteiger partial charge in [0.2, 0.25) is 5.52 Å². The number of hydrogen-bond donors (Lipinski definition) is 4. The molecule has 1 aromatic heterocycles. The molecule has 0 saturated carbocycles. The molecule has 0 bridgehead atoms. The summed E-state index contributed by atoms with van der Waals surface area (Å²) >= 11 is 15.4. The zero-order valence-corrected chi connectivity index (χ0v) is 26.4. The Kier molecular flexibility index (Phi) is 10.3.